The minimum atomic E-state index is 0.0366. The third-order valence-corrected chi connectivity index (χ3v) is 3.85. The largest absolute Gasteiger partial charge is 0.385 e. The highest BCUT2D eigenvalue weighted by Gasteiger charge is 2.15. The summed E-state index contributed by atoms with van der Waals surface area (Å²) >= 11 is 0. The summed E-state index contributed by atoms with van der Waals surface area (Å²) in [4.78, 5) is 12.2. The molecule has 104 valence electrons. The topological polar surface area (TPSA) is 41.1 Å². The molecule has 1 amide bonds. The molecule has 3 heteroatoms. The average molecular weight is 260 g/mol. The van der Waals surface area contributed by atoms with Crippen LogP contribution in [-0.2, 0) is 0 Å². The van der Waals surface area contributed by atoms with Crippen molar-refractivity contribution in [2.45, 2.75) is 39.0 Å². The van der Waals surface area contributed by atoms with E-state index in [1.807, 2.05) is 31.2 Å². The molecule has 0 unspecified atom stereocenters. The second-order valence-electron chi connectivity index (χ2n) is 5.27. The Bertz CT molecular complexity index is 411. The third kappa shape index (κ3) is 3.98. The lowest BCUT2D eigenvalue weighted by atomic mass is 10.0. The van der Waals surface area contributed by atoms with Gasteiger partial charge in [0.1, 0.15) is 0 Å². The van der Waals surface area contributed by atoms with E-state index >= 15 is 0 Å². The molecule has 0 atom stereocenters. The van der Waals surface area contributed by atoms with Crippen LogP contribution in [0.15, 0.2) is 24.3 Å². The molecule has 1 saturated carbocycles. The van der Waals surface area contributed by atoms with Gasteiger partial charge in [0.05, 0.1) is 5.56 Å². The van der Waals surface area contributed by atoms with E-state index in [4.69, 9.17) is 0 Å². The van der Waals surface area contributed by atoms with Crippen LogP contribution >= 0.6 is 0 Å². The van der Waals surface area contributed by atoms with Gasteiger partial charge >= 0.3 is 0 Å². The first-order chi connectivity index (χ1) is 9.31. The highest BCUT2D eigenvalue weighted by Crippen LogP contribution is 2.27. The minimum absolute atomic E-state index is 0.0366. The summed E-state index contributed by atoms with van der Waals surface area (Å²) in [7, 11) is 0. The molecule has 1 aliphatic carbocycles. The molecule has 0 aliphatic heterocycles. The number of nitrogens with one attached hydrogen (secondary N) is 2. The van der Waals surface area contributed by atoms with Gasteiger partial charge in [-0.1, -0.05) is 37.8 Å². The summed E-state index contributed by atoms with van der Waals surface area (Å²) in [6.07, 6.45) is 6.52. The van der Waals surface area contributed by atoms with Crippen LogP contribution in [0.3, 0.4) is 0 Å². The van der Waals surface area contributed by atoms with Crippen LogP contribution in [0.2, 0.25) is 0 Å². The molecule has 19 heavy (non-hydrogen) atoms. The van der Waals surface area contributed by atoms with E-state index in [1.54, 1.807) is 0 Å². The summed E-state index contributed by atoms with van der Waals surface area (Å²) in [5.41, 5.74) is 1.67. The number of carbonyl (C=O) groups excluding carboxylic acids is 1. The summed E-state index contributed by atoms with van der Waals surface area (Å²) in [6, 6.07) is 7.69. The lowest BCUT2D eigenvalue weighted by molar-refractivity contribution is 0.0952. The van der Waals surface area contributed by atoms with E-state index in [0.29, 0.717) is 0 Å². The maximum absolute atomic E-state index is 12.2. The number of para-hydroxylation sites is 1. The fourth-order valence-electron chi connectivity index (χ4n) is 2.81. The molecular weight excluding hydrogens is 236 g/mol. The Kier molecular flexibility index (Phi) is 5.25. The van der Waals surface area contributed by atoms with Crippen molar-refractivity contribution in [1.29, 1.82) is 0 Å². The quantitative estimate of drug-likeness (QED) is 0.822. The summed E-state index contributed by atoms with van der Waals surface area (Å²) in [6.45, 7) is 3.66. The molecule has 1 fully saturated rings. The van der Waals surface area contributed by atoms with Crippen molar-refractivity contribution in [3.05, 3.63) is 29.8 Å². The van der Waals surface area contributed by atoms with E-state index in [-0.39, 0.29) is 5.91 Å². The van der Waals surface area contributed by atoms with Crippen LogP contribution in [0, 0.1) is 5.92 Å². The molecule has 0 radical (unpaired) electrons. The van der Waals surface area contributed by atoms with E-state index in [0.717, 1.165) is 36.7 Å². The second-order valence-corrected chi connectivity index (χ2v) is 5.27. The number of carbonyl (C=O) groups is 1. The lowest BCUT2D eigenvalue weighted by Gasteiger charge is -2.12. The summed E-state index contributed by atoms with van der Waals surface area (Å²) in [5.74, 6) is 0.860. The molecule has 2 rings (SSSR count). The molecule has 1 aliphatic rings. The standard InChI is InChI=1S/C16H24N2O/c1-2-17-15-10-6-5-9-14(15)16(19)18-12-11-13-7-3-4-8-13/h5-6,9-10,13,17H,2-4,7-8,11-12H2,1H3,(H,18,19). The van der Waals surface area contributed by atoms with Gasteiger partial charge in [0.2, 0.25) is 0 Å². The number of hydrogen-bond acceptors (Lipinski definition) is 2. The summed E-state index contributed by atoms with van der Waals surface area (Å²) < 4.78 is 0. The Morgan fingerprint density at radius 1 is 1.26 bits per heavy atom. The highest BCUT2D eigenvalue weighted by atomic mass is 16.1. The predicted octanol–water partition coefficient (Wildman–Crippen LogP) is 3.43. The second kappa shape index (κ2) is 7.17. The fourth-order valence-corrected chi connectivity index (χ4v) is 2.81. The van der Waals surface area contributed by atoms with Gasteiger partial charge in [0.15, 0.2) is 0 Å². The Morgan fingerprint density at radius 3 is 2.74 bits per heavy atom. The fraction of sp³-hybridized carbons (Fsp3) is 0.562. The van der Waals surface area contributed by atoms with Gasteiger partial charge in [-0.15, -0.1) is 0 Å². The molecule has 0 saturated heterocycles. The smallest absolute Gasteiger partial charge is 0.253 e. The van der Waals surface area contributed by atoms with E-state index in [2.05, 4.69) is 10.6 Å². The normalized spacial score (nSPS) is 15.4. The molecule has 1 aromatic carbocycles. The van der Waals surface area contributed by atoms with Gasteiger partial charge in [0, 0.05) is 18.8 Å². The van der Waals surface area contributed by atoms with Crippen LogP contribution in [0.5, 0.6) is 0 Å². The number of amides is 1. The Balaban J connectivity index is 1.84. The van der Waals surface area contributed by atoms with Gasteiger partial charge in [0.25, 0.3) is 5.91 Å². The Hall–Kier alpha value is -1.51. The SMILES string of the molecule is CCNc1ccccc1C(=O)NCCC1CCCC1. The molecule has 0 heterocycles. The minimum Gasteiger partial charge on any atom is -0.385 e. The maximum Gasteiger partial charge on any atom is 0.253 e. The number of anilines is 1. The van der Waals surface area contributed by atoms with Crippen molar-refractivity contribution >= 4 is 11.6 Å². The van der Waals surface area contributed by atoms with Gasteiger partial charge in [-0.25, -0.2) is 0 Å². The first-order valence-corrected chi connectivity index (χ1v) is 7.42. The molecule has 3 nitrogen and oxygen atoms in total. The van der Waals surface area contributed by atoms with Crippen LogP contribution in [-0.4, -0.2) is 19.0 Å². The third-order valence-electron chi connectivity index (χ3n) is 3.85. The van der Waals surface area contributed by atoms with Crippen molar-refractivity contribution in [2.75, 3.05) is 18.4 Å². The van der Waals surface area contributed by atoms with Gasteiger partial charge in [-0.05, 0) is 31.4 Å². The van der Waals surface area contributed by atoms with Gasteiger partial charge in [-0.3, -0.25) is 4.79 Å². The predicted molar refractivity (Wildman–Crippen MR) is 79.5 cm³/mol. The maximum atomic E-state index is 12.2. The monoisotopic (exact) mass is 260 g/mol. The first kappa shape index (κ1) is 13.9. The van der Waals surface area contributed by atoms with Crippen molar-refractivity contribution in [2.24, 2.45) is 5.92 Å². The highest BCUT2D eigenvalue weighted by molar-refractivity contribution is 5.99. The lowest BCUT2D eigenvalue weighted by Crippen LogP contribution is -2.26. The Morgan fingerprint density at radius 2 is 2.00 bits per heavy atom. The zero-order valence-corrected chi connectivity index (χ0v) is 11.7. The van der Waals surface area contributed by atoms with Crippen molar-refractivity contribution < 1.29 is 4.79 Å². The average Bonchev–Trinajstić information content (AvgIpc) is 2.93. The van der Waals surface area contributed by atoms with Crippen LogP contribution in [0.1, 0.15) is 49.4 Å². The van der Waals surface area contributed by atoms with Crippen LogP contribution < -0.4 is 10.6 Å². The molecule has 0 spiro atoms. The van der Waals surface area contributed by atoms with Gasteiger partial charge in [-0.2, -0.15) is 0 Å². The van der Waals surface area contributed by atoms with Crippen molar-refractivity contribution in [3.8, 4) is 0 Å². The zero-order valence-electron chi connectivity index (χ0n) is 11.7. The molecule has 0 bridgehead atoms. The van der Waals surface area contributed by atoms with Crippen molar-refractivity contribution in [1.82, 2.24) is 5.32 Å². The molecule has 1 aromatic rings. The molecular formula is C16H24N2O. The summed E-state index contributed by atoms with van der Waals surface area (Å²) in [5, 5.41) is 6.27. The number of hydrogen-bond donors (Lipinski definition) is 2. The Labute approximate surface area is 115 Å². The first-order valence-electron chi connectivity index (χ1n) is 7.42. The van der Waals surface area contributed by atoms with Crippen LogP contribution in [0.4, 0.5) is 5.69 Å². The number of rotatable bonds is 6. The number of benzene rings is 1. The van der Waals surface area contributed by atoms with Gasteiger partial charge < -0.3 is 10.6 Å². The van der Waals surface area contributed by atoms with Crippen molar-refractivity contribution in [3.63, 3.8) is 0 Å². The molecule has 2 N–H and O–H groups in total. The zero-order chi connectivity index (χ0) is 13.5. The van der Waals surface area contributed by atoms with E-state index < -0.39 is 0 Å². The van der Waals surface area contributed by atoms with E-state index in [1.165, 1.54) is 25.7 Å². The van der Waals surface area contributed by atoms with E-state index in [9.17, 15) is 4.79 Å². The van der Waals surface area contributed by atoms with Crippen LogP contribution in [0.25, 0.3) is 0 Å². The molecule has 0 aromatic heterocycles.